The lowest BCUT2D eigenvalue weighted by Crippen LogP contribution is -2.10. The Balaban J connectivity index is 2.78. The smallest absolute Gasteiger partial charge is 0.277 e. The van der Waals surface area contributed by atoms with Gasteiger partial charge in [0.15, 0.2) is 0 Å². The molecule has 0 aliphatic heterocycles. The first kappa shape index (κ1) is 10.1. The van der Waals surface area contributed by atoms with Crippen LogP contribution in [0.1, 0.15) is 10.4 Å². The topological polar surface area (TPSA) is 86.2 Å². The molecule has 0 bridgehead atoms. The number of hydrogen-bond acceptors (Lipinski definition) is 3. The summed E-state index contributed by atoms with van der Waals surface area (Å²) in [7, 11) is 0. The number of fused-ring (bicyclic) bond motifs is 1. The van der Waals surface area contributed by atoms with Gasteiger partial charge in [-0.2, -0.15) is 0 Å². The first-order valence-electron chi connectivity index (χ1n) is 4.56. The largest absolute Gasteiger partial charge is 0.366 e. The summed E-state index contributed by atoms with van der Waals surface area (Å²) >= 11 is 0. The molecule has 2 aromatic carbocycles. The summed E-state index contributed by atoms with van der Waals surface area (Å²) in [6.07, 6.45) is 0. The molecule has 0 atom stereocenters. The van der Waals surface area contributed by atoms with Crippen molar-refractivity contribution in [2.75, 3.05) is 0 Å². The highest BCUT2D eigenvalue weighted by molar-refractivity contribution is 6.00. The molecule has 5 nitrogen and oxygen atoms in total. The monoisotopic (exact) mass is 216 g/mol. The van der Waals surface area contributed by atoms with E-state index in [1.54, 1.807) is 24.3 Å². The summed E-state index contributed by atoms with van der Waals surface area (Å²) in [6.45, 7) is 0. The zero-order valence-corrected chi connectivity index (χ0v) is 8.21. The van der Waals surface area contributed by atoms with Gasteiger partial charge in [-0.25, -0.2) is 0 Å². The minimum absolute atomic E-state index is 0.0272. The molecule has 0 radical (unpaired) electrons. The van der Waals surface area contributed by atoms with Crippen molar-refractivity contribution in [1.82, 2.24) is 0 Å². The molecule has 0 aromatic heterocycles. The summed E-state index contributed by atoms with van der Waals surface area (Å²) in [5.74, 6) is -0.597. The number of benzene rings is 2. The molecule has 0 spiro atoms. The average Bonchev–Trinajstić information content (AvgIpc) is 2.27. The number of rotatable bonds is 2. The van der Waals surface area contributed by atoms with Crippen LogP contribution in [0.4, 0.5) is 5.69 Å². The molecule has 0 unspecified atom stereocenters. The molecule has 2 N–H and O–H groups in total. The number of nitrogens with zero attached hydrogens (tertiary/aromatic N) is 1. The highest BCUT2D eigenvalue weighted by atomic mass is 16.6. The second kappa shape index (κ2) is 3.62. The van der Waals surface area contributed by atoms with Crippen LogP contribution < -0.4 is 5.73 Å². The molecular formula is C11H8N2O3. The molecule has 2 aromatic rings. The van der Waals surface area contributed by atoms with Crippen molar-refractivity contribution in [1.29, 1.82) is 0 Å². The maximum absolute atomic E-state index is 11.0. The average molecular weight is 216 g/mol. The number of hydrogen-bond donors (Lipinski definition) is 1. The second-order valence-corrected chi connectivity index (χ2v) is 3.33. The van der Waals surface area contributed by atoms with Crippen LogP contribution in [-0.4, -0.2) is 10.8 Å². The number of amides is 1. The lowest BCUT2D eigenvalue weighted by molar-refractivity contribution is -0.383. The molecule has 2 rings (SSSR count). The number of carbonyl (C=O) groups is 1. The van der Waals surface area contributed by atoms with E-state index in [0.29, 0.717) is 10.8 Å². The standard InChI is InChI=1S/C11H8N2O3/c12-11(14)8-5-4-7-2-1-3-10(13(15)16)9(7)6-8/h1-6H,(H2,12,14). The zero-order valence-electron chi connectivity index (χ0n) is 8.21. The third-order valence-corrected chi connectivity index (χ3v) is 2.34. The Labute approximate surface area is 90.6 Å². The molecule has 0 aliphatic carbocycles. The summed E-state index contributed by atoms with van der Waals surface area (Å²) in [4.78, 5) is 21.3. The number of nitro benzene ring substituents is 1. The first-order chi connectivity index (χ1) is 7.59. The van der Waals surface area contributed by atoms with Gasteiger partial charge in [-0.3, -0.25) is 14.9 Å². The molecular weight excluding hydrogens is 208 g/mol. The van der Waals surface area contributed by atoms with E-state index in [2.05, 4.69) is 0 Å². The summed E-state index contributed by atoms with van der Waals surface area (Å²) < 4.78 is 0. The van der Waals surface area contributed by atoms with Crippen LogP contribution in [0.3, 0.4) is 0 Å². The molecule has 16 heavy (non-hydrogen) atoms. The number of nitro groups is 1. The Hall–Kier alpha value is -2.43. The molecule has 0 aliphatic rings. The Morgan fingerprint density at radius 3 is 2.62 bits per heavy atom. The van der Waals surface area contributed by atoms with Crippen LogP contribution in [0.15, 0.2) is 36.4 Å². The van der Waals surface area contributed by atoms with Gasteiger partial charge in [-0.1, -0.05) is 18.2 Å². The molecule has 0 fully saturated rings. The Morgan fingerprint density at radius 1 is 1.25 bits per heavy atom. The van der Waals surface area contributed by atoms with E-state index >= 15 is 0 Å². The van der Waals surface area contributed by atoms with Crippen molar-refractivity contribution < 1.29 is 9.72 Å². The van der Waals surface area contributed by atoms with Crippen LogP contribution in [0.25, 0.3) is 10.8 Å². The van der Waals surface area contributed by atoms with Crippen LogP contribution in [-0.2, 0) is 0 Å². The molecule has 0 saturated heterocycles. The number of non-ortho nitro benzene ring substituents is 1. The van der Waals surface area contributed by atoms with E-state index < -0.39 is 10.8 Å². The minimum atomic E-state index is -0.597. The number of primary amides is 1. The predicted octanol–water partition coefficient (Wildman–Crippen LogP) is 1.85. The zero-order chi connectivity index (χ0) is 11.7. The molecule has 5 heteroatoms. The van der Waals surface area contributed by atoms with Gasteiger partial charge in [0, 0.05) is 11.6 Å². The Kier molecular flexibility index (Phi) is 2.28. The predicted molar refractivity (Wildman–Crippen MR) is 59.1 cm³/mol. The van der Waals surface area contributed by atoms with Gasteiger partial charge in [-0.05, 0) is 17.5 Å². The maximum atomic E-state index is 11.0. The lowest BCUT2D eigenvalue weighted by Gasteiger charge is -2.01. The van der Waals surface area contributed by atoms with E-state index in [0.717, 1.165) is 0 Å². The quantitative estimate of drug-likeness (QED) is 0.613. The van der Waals surface area contributed by atoms with E-state index in [9.17, 15) is 14.9 Å². The summed E-state index contributed by atoms with van der Waals surface area (Å²) in [5.41, 5.74) is 5.36. The lowest BCUT2D eigenvalue weighted by atomic mass is 10.1. The van der Waals surface area contributed by atoms with Crippen LogP contribution in [0.5, 0.6) is 0 Å². The normalized spacial score (nSPS) is 10.2. The fourth-order valence-electron chi connectivity index (χ4n) is 1.57. The van der Waals surface area contributed by atoms with E-state index in [-0.39, 0.29) is 11.3 Å². The van der Waals surface area contributed by atoms with Crippen LogP contribution >= 0.6 is 0 Å². The Morgan fingerprint density at radius 2 is 2.00 bits per heavy atom. The SMILES string of the molecule is NC(=O)c1ccc2cccc([N+](=O)[O-])c2c1. The van der Waals surface area contributed by atoms with E-state index in [1.807, 2.05) is 0 Å². The van der Waals surface area contributed by atoms with Crippen molar-refractivity contribution in [2.24, 2.45) is 5.73 Å². The third kappa shape index (κ3) is 1.58. The van der Waals surface area contributed by atoms with Crippen molar-refractivity contribution in [3.05, 3.63) is 52.1 Å². The van der Waals surface area contributed by atoms with E-state index in [1.165, 1.54) is 12.1 Å². The number of nitrogens with two attached hydrogens (primary N) is 1. The van der Waals surface area contributed by atoms with Crippen LogP contribution in [0, 0.1) is 10.1 Å². The van der Waals surface area contributed by atoms with Crippen molar-refractivity contribution in [3.8, 4) is 0 Å². The van der Waals surface area contributed by atoms with Gasteiger partial charge in [0.1, 0.15) is 0 Å². The highest BCUT2D eigenvalue weighted by Gasteiger charge is 2.12. The number of carbonyl (C=O) groups excluding carboxylic acids is 1. The van der Waals surface area contributed by atoms with Crippen molar-refractivity contribution in [2.45, 2.75) is 0 Å². The molecule has 80 valence electrons. The second-order valence-electron chi connectivity index (χ2n) is 3.33. The molecule has 1 amide bonds. The van der Waals surface area contributed by atoms with Crippen molar-refractivity contribution >= 4 is 22.4 Å². The van der Waals surface area contributed by atoms with Gasteiger partial charge in [0.05, 0.1) is 10.3 Å². The van der Waals surface area contributed by atoms with Crippen LogP contribution in [0.2, 0.25) is 0 Å². The molecule has 0 heterocycles. The van der Waals surface area contributed by atoms with Gasteiger partial charge in [0.25, 0.3) is 5.69 Å². The fraction of sp³-hybridized carbons (Fsp3) is 0. The highest BCUT2D eigenvalue weighted by Crippen LogP contribution is 2.26. The Bertz CT molecular complexity index is 593. The van der Waals surface area contributed by atoms with Crippen molar-refractivity contribution in [3.63, 3.8) is 0 Å². The third-order valence-electron chi connectivity index (χ3n) is 2.34. The molecule has 0 saturated carbocycles. The van der Waals surface area contributed by atoms with E-state index in [4.69, 9.17) is 5.73 Å². The van der Waals surface area contributed by atoms with Gasteiger partial charge in [0.2, 0.25) is 5.91 Å². The summed E-state index contributed by atoms with van der Waals surface area (Å²) in [5, 5.41) is 11.9. The summed E-state index contributed by atoms with van der Waals surface area (Å²) in [6, 6.07) is 9.37. The first-order valence-corrected chi connectivity index (χ1v) is 4.56. The minimum Gasteiger partial charge on any atom is -0.366 e. The maximum Gasteiger partial charge on any atom is 0.277 e. The van der Waals surface area contributed by atoms with Gasteiger partial charge < -0.3 is 5.73 Å². The van der Waals surface area contributed by atoms with Gasteiger partial charge in [-0.15, -0.1) is 0 Å². The fourth-order valence-corrected chi connectivity index (χ4v) is 1.57. The van der Waals surface area contributed by atoms with Gasteiger partial charge >= 0.3 is 0 Å².